The normalized spacial score (nSPS) is 16.2. The molecule has 1 aliphatic rings. The number of benzene rings is 1. The van der Waals surface area contributed by atoms with E-state index in [1.807, 2.05) is 42.8 Å². The minimum Gasteiger partial charge on any atom is -0.304 e. The van der Waals surface area contributed by atoms with Gasteiger partial charge in [0.05, 0.1) is 34.7 Å². The predicted molar refractivity (Wildman–Crippen MR) is 122 cm³/mol. The smallest absolute Gasteiger partial charge is 0.304 e. The highest BCUT2D eigenvalue weighted by Gasteiger charge is 2.37. The Morgan fingerprint density at radius 3 is 2.59 bits per heavy atom. The monoisotopic (exact) mass is 464 g/mol. The van der Waals surface area contributed by atoms with Crippen LogP contribution >= 0.6 is 0 Å². The molecule has 0 bridgehead atoms. The number of alkyl halides is 3. The van der Waals surface area contributed by atoms with Gasteiger partial charge < -0.3 is 4.57 Å². The lowest BCUT2D eigenvalue weighted by Crippen LogP contribution is -2.21. The fourth-order valence-electron chi connectivity index (χ4n) is 4.44. The molecule has 174 valence electrons. The highest BCUT2D eigenvalue weighted by molar-refractivity contribution is 5.65. The lowest BCUT2D eigenvalue weighted by atomic mass is 9.88. The zero-order chi connectivity index (χ0) is 23.9. The summed E-state index contributed by atoms with van der Waals surface area (Å²) < 4.78 is 44.4. The van der Waals surface area contributed by atoms with Crippen LogP contribution in [0.3, 0.4) is 0 Å². The first-order valence-corrected chi connectivity index (χ1v) is 11.1. The third-order valence-corrected chi connectivity index (χ3v) is 6.01. The minimum absolute atomic E-state index is 0.251. The van der Waals surface area contributed by atoms with Gasteiger partial charge in [-0.25, -0.2) is 14.6 Å². The quantitative estimate of drug-likeness (QED) is 0.395. The van der Waals surface area contributed by atoms with Gasteiger partial charge in [0.1, 0.15) is 5.82 Å². The Morgan fingerprint density at radius 1 is 1.03 bits per heavy atom. The Labute approximate surface area is 194 Å². The maximum Gasteiger partial charge on any atom is 0.416 e. The van der Waals surface area contributed by atoms with E-state index in [1.165, 1.54) is 6.07 Å². The molecule has 0 saturated heterocycles. The van der Waals surface area contributed by atoms with E-state index in [-0.39, 0.29) is 5.56 Å². The van der Waals surface area contributed by atoms with Crippen molar-refractivity contribution in [3.63, 3.8) is 0 Å². The van der Waals surface area contributed by atoms with Crippen molar-refractivity contribution in [2.45, 2.75) is 45.3 Å². The Kier molecular flexibility index (Phi) is 5.55. The first kappa shape index (κ1) is 22.1. The third-order valence-electron chi connectivity index (χ3n) is 6.01. The maximum atomic E-state index is 13.6. The summed E-state index contributed by atoms with van der Waals surface area (Å²) >= 11 is 0. The number of pyridine rings is 1. The first-order chi connectivity index (χ1) is 16.3. The molecule has 0 aliphatic carbocycles. The van der Waals surface area contributed by atoms with Crippen molar-refractivity contribution in [3.8, 4) is 5.69 Å². The largest absolute Gasteiger partial charge is 0.416 e. The number of hydrogen-bond acceptors (Lipinski definition) is 4. The lowest BCUT2D eigenvalue weighted by molar-refractivity contribution is -0.138. The molecule has 0 amide bonds. The van der Waals surface area contributed by atoms with Crippen LogP contribution in [0.15, 0.2) is 48.9 Å². The van der Waals surface area contributed by atoms with Gasteiger partial charge in [-0.15, -0.1) is 0 Å². The average Bonchev–Trinajstić information content (AvgIpc) is 3.43. The molecular weight excluding hydrogens is 441 g/mol. The van der Waals surface area contributed by atoms with Gasteiger partial charge in [0.2, 0.25) is 0 Å². The number of fused-ring (bicyclic) bond motifs is 1. The van der Waals surface area contributed by atoms with Crippen molar-refractivity contribution in [1.29, 1.82) is 0 Å². The summed E-state index contributed by atoms with van der Waals surface area (Å²) in [5.74, 6) is 0.581. The van der Waals surface area contributed by atoms with Crippen LogP contribution in [-0.2, 0) is 12.7 Å². The fourth-order valence-corrected chi connectivity index (χ4v) is 4.44. The summed E-state index contributed by atoms with van der Waals surface area (Å²) in [4.78, 5) is 13.5. The second-order valence-electron chi connectivity index (χ2n) is 8.43. The number of hydrogen-bond donors (Lipinski definition) is 0. The minimum atomic E-state index is -4.41. The van der Waals surface area contributed by atoms with Crippen LogP contribution in [0, 0.1) is 13.8 Å². The van der Waals surface area contributed by atoms with Gasteiger partial charge >= 0.3 is 6.18 Å². The summed E-state index contributed by atoms with van der Waals surface area (Å²) in [7, 11) is 0. The number of rotatable bonds is 4. The molecule has 6 nitrogen and oxygen atoms in total. The lowest BCUT2D eigenvalue weighted by Gasteiger charge is -2.25. The van der Waals surface area contributed by atoms with Crippen molar-refractivity contribution < 1.29 is 13.2 Å². The Hall–Kier alpha value is -3.75. The number of aryl methyl sites for hydroxylation is 3. The van der Waals surface area contributed by atoms with E-state index in [9.17, 15) is 13.2 Å². The summed E-state index contributed by atoms with van der Waals surface area (Å²) in [6.07, 6.45) is 4.19. The second kappa shape index (κ2) is 8.55. The summed E-state index contributed by atoms with van der Waals surface area (Å²) in [6, 6.07) is 9.61. The van der Waals surface area contributed by atoms with Crippen LogP contribution < -0.4 is 0 Å². The Bertz CT molecular complexity index is 1370. The van der Waals surface area contributed by atoms with Gasteiger partial charge in [-0.1, -0.05) is 18.2 Å². The van der Waals surface area contributed by atoms with E-state index in [1.54, 1.807) is 29.2 Å². The Morgan fingerprint density at radius 2 is 1.85 bits per heavy atom. The van der Waals surface area contributed by atoms with E-state index in [2.05, 4.69) is 20.1 Å². The molecule has 34 heavy (non-hydrogen) atoms. The standard InChI is InChI=1S/C25H23F3N6/c1-16-14-33(15-29-16)22-11-9-18(30-17(22)2)10-12-23-31-24-20(7-5-13-34(24)32-23)19-6-3-4-8-21(19)25(26,27)28/h3-4,6,8-12,14-15,20H,5,7,13H2,1-2H3/b12-10+. The van der Waals surface area contributed by atoms with Crippen LogP contribution in [0.1, 0.15) is 58.6 Å². The number of aromatic nitrogens is 6. The fraction of sp³-hybridized carbons (Fsp3) is 0.280. The molecule has 0 N–H and O–H groups in total. The molecule has 3 aromatic heterocycles. The van der Waals surface area contributed by atoms with Crippen molar-refractivity contribution in [1.82, 2.24) is 29.3 Å². The van der Waals surface area contributed by atoms with E-state index in [0.717, 1.165) is 35.3 Å². The van der Waals surface area contributed by atoms with E-state index < -0.39 is 17.7 Å². The molecule has 1 aromatic carbocycles. The highest BCUT2D eigenvalue weighted by Crippen LogP contribution is 2.40. The van der Waals surface area contributed by atoms with Crippen molar-refractivity contribution in [3.05, 3.63) is 88.8 Å². The SMILES string of the molecule is Cc1cn(-c2ccc(/C=C/c3nc4n(n3)CCCC4c3ccccc3C(F)(F)F)nc2C)cn1. The zero-order valence-electron chi connectivity index (χ0n) is 18.8. The van der Waals surface area contributed by atoms with Gasteiger partial charge in [-0.05, 0) is 62.6 Å². The molecular formula is C25H23F3N6. The molecule has 0 radical (unpaired) electrons. The summed E-state index contributed by atoms with van der Waals surface area (Å²) in [6.45, 7) is 4.50. The summed E-state index contributed by atoms with van der Waals surface area (Å²) in [5, 5.41) is 4.52. The molecule has 0 saturated carbocycles. The van der Waals surface area contributed by atoms with Gasteiger partial charge in [-0.3, -0.25) is 4.98 Å². The predicted octanol–water partition coefficient (Wildman–Crippen LogP) is 5.59. The van der Waals surface area contributed by atoms with Crippen LogP contribution in [0.25, 0.3) is 17.8 Å². The topological polar surface area (TPSA) is 61.4 Å². The van der Waals surface area contributed by atoms with E-state index >= 15 is 0 Å². The molecule has 5 rings (SSSR count). The molecule has 0 spiro atoms. The maximum absolute atomic E-state index is 13.6. The van der Waals surface area contributed by atoms with Crippen LogP contribution in [0.2, 0.25) is 0 Å². The summed E-state index contributed by atoms with van der Waals surface area (Å²) in [5.41, 5.74) is 3.10. The van der Waals surface area contributed by atoms with Gasteiger partial charge in [0.15, 0.2) is 5.82 Å². The van der Waals surface area contributed by atoms with Crippen molar-refractivity contribution in [2.75, 3.05) is 0 Å². The molecule has 1 unspecified atom stereocenters. The second-order valence-corrected chi connectivity index (χ2v) is 8.43. The van der Waals surface area contributed by atoms with Crippen LogP contribution in [-0.4, -0.2) is 29.3 Å². The van der Waals surface area contributed by atoms with Crippen molar-refractivity contribution in [2.24, 2.45) is 0 Å². The molecule has 9 heteroatoms. The molecule has 1 atom stereocenters. The number of imidazole rings is 1. The van der Waals surface area contributed by atoms with E-state index in [4.69, 9.17) is 0 Å². The molecule has 0 fully saturated rings. The molecule has 1 aliphatic heterocycles. The van der Waals surface area contributed by atoms with Gasteiger partial charge in [0, 0.05) is 18.7 Å². The third kappa shape index (κ3) is 4.25. The van der Waals surface area contributed by atoms with Gasteiger partial charge in [0.25, 0.3) is 0 Å². The van der Waals surface area contributed by atoms with Crippen LogP contribution in [0.5, 0.6) is 0 Å². The first-order valence-electron chi connectivity index (χ1n) is 11.1. The molecule has 4 heterocycles. The Balaban J connectivity index is 1.42. The van der Waals surface area contributed by atoms with Gasteiger partial charge in [-0.2, -0.15) is 18.3 Å². The van der Waals surface area contributed by atoms with Crippen molar-refractivity contribution >= 4 is 12.2 Å². The zero-order valence-corrected chi connectivity index (χ0v) is 18.8. The number of nitrogens with zero attached hydrogens (tertiary/aromatic N) is 6. The molecule has 4 aromatic rings. The van der Waals surface area contributed by atoms with E-state index in [0.29, 0.717) is 24.6 Å². The van der Waals surface area contributed by atoms with Crippen LogP contribution in [0.4, 0.5) is 13.2 Å². The average molecular weight is 464 g/mol. The highest BCUT2D eigenvalue weighted by atomic mass is 19.4. The number of halogens is 3.